The van der Waals surface area contributed by atoms with Gasteiger partial charge in [0, 0.05) is 18.3 Å². The summed E-state index contributed by atoms with van der Waals surface area (Å²) in [4.78, 5) is 19.7. The molecule has 0 saturated carbocycles. The van der Waals surface area contributed by atoms with Crippen LogP contribution in [0.25, 0.3) is 11.1 Å². The summed E-state index contributed by atoms with van der Waals surface area (Å²) in [5.41, 5.74) is 3.83. The van der Waals surface area contributed by atoms with Crippen molar-refractivity contribution in [2.45, 2.75) is 25.3 Å². The second-order valence-corrected chi connectivity index (χ2v) is 7.07. The highest BCUT2D eigenvalue weighted by molar-refractivity contribution is 5.95. The number of methoxy groups -OCH3 is 1. The van der Waals surface area contributed by atoms with Gasteiger partial charge in [-0.1, -0.05) is 30.3 Å². The first kappa shape index (κ1) is 18.2. The fourth-order valence-corrected chi connectivity index (χ4v) is 3.83. The van der Waals surface area contributed by atoms with E-state index in [2.05, 4.69) is 4.98 Å². The van der Waals surface area contributed by atoms with Crippen molar-refractivity contribution in [3.8, 4) is 16.9 Å². The van der Waals surface area contributed by atoms with Crippen LogP contribution in [-0.4, -0.2) is 29.4 Å². The van der Waals surface area contributed by atoms with Crippen LogP contribution in [0.4, 0.5) is 0 Å². The van der Waals surface area contributed by atoms with E-state index in [9.17, 15) is 4.79 Å². The summed E-state index contributed by atoms with van der Waals surface area (Å²) in [6.07, 6.45) is 4.93. The number of likely N-dealkylation sites (tertiary alicyclic amines) is 1. The lowest BCUT2D eigenvalue weighted by Crippen LogP contribution is -2.38. The smallest absolute Gasteiger partial charge is 0.254 e. The molecule has 1 amide bonds. The first-order valence-corrected chi connectivity index (χ1v) is 9.72. The normalized spacial score (nSPS) is 16.6. The van der Waals surface area contributed by atoms with Crippen molar-refractivity contribution in [2.75, 3.05) is 13.7 Å². The second-order valence-electron chi connectivity index (χ2n) is 7.07. The summed E-state index contributed by atoms with van der Waals surface area (Å²) in [6, 6.07) is 21.8. The van der Waals surface area contributed by atoms with E-state index in [1.54, 1.807) is 13.3 Å². The predicted molar refractivity (Wildman–Crippen MR) is 110 cm³/mol. The van der Waals surface area contributed by atoms with E-state index in [1.165, 1.54) is 0 Å². The molecule has 28 heavy (non-hydrogen) atoms. The third-order valence-corrected chi connectivity index (χ3v) is 5.33. The lowest BCUT2D eigenvalue weighted by molar-refractivity contribution is 0.0606. The number of ether oxygens (including phenoxy) is 1. The highest BCUT2D eigenvalue weighted by atomic mass is 16.5. The van der Waals surface area contributed by atoms with Crippen molar-refractivity contribution in [3.63, 3.8) is 0 Å². The number of hydrogen-bond donors (Lipinski definition) is 0. The first-order chi connectivity index (χ1) is 13.8. The molecule has 1 aliphatic rings. The second kappa shape index (κ2) is 8.26. The van der Waals surface area contributed by atoms with Crippen LogP contribution in [0.2, 0.25) is 0 Å². The van der Waals surface area contributed by atoms with Crippen LogP contribution in [0.15, 0.2) is 72.9 Å². The SMILES string of the molecule is COc1cccc(-c2ccc(C(=O)N3CCCCC3c3ccccn3)cc2)c1. The van der Waals surface area contributed by atoms with Crippen LogP contribution >= 0.6 is 0 Å². The van der Waals surface area contributed by atoms with Gasteiger partial charge in [-0.3, -0.25) is 9.78 Å². The van der Waals surface area contributed by atoms with Crippen LogP contribution in [0.1, 0.15) is 41.4 Å². The Morgan fingerprint density at radius 1 is 1.00 bits per heavy atom. The average molecular weight is 372 g/mol. The maximum Gasteiger partial charge on any atom is 0.254 e. The van der Waals surface area contributed by atoms with E-state index in [0.717, 1.165) is 53.9 Å². The van der Waals surface area contributed by atoms with Gasteiger partial charge in [-0.15, -0.1) is 0 Å². The number of rotatable bonds is 4. The maximum absolute atomic E-state index is 13.2. The van der Waals surface area contributed by atoms with Crippen molar-refractivity contribution in [1.29, 1.82) is 0 Å². The topological polar surface area (TPSA) is 42.4 Å². The molecule has 2 heterocycles. The van der Waals surface area contributed by atoms with Gasteiger partial charge in [-0.25, -0.2) is 0 Å². The lowest BCUT2D eigenvalue weighted by atomic mass is 9.97. The largest absolute Gasteiger partial charge is 0.497 e. The molecule has 0 radical (unpaired) electrons. The standard InChI is InChI=1S/C24H24N2O2/c1-28-21-8-6-7-20(17-21)18-11-13-19(14-12-18)24(27)26-16-5-3-10-23(26)22-9-2-4-15-25-22/h2,4,6-9,11-15,17,23H,3,5,10,16H2,1H3. The molecule has 142 valence electrons. The van der Waals surface area contributed by atoms with Gasteiger partial charge in [0.05, 0.1) is 18.8 Å². The average Bonchev–Trinajstić information content (AvgIpc) is 2.79. The van der Waals surface area contributed by atoms with E-state index in [1.807, 2.05) is 71.6 Å². The van der Waals surface area contributed by atoms with Crippen molar-refractivity contribution in [2.24, 2.45) is 0 Å². The lowest BCUT2D eigenvalue weighted by Gasteiger charge is -2.35. The number of amides is 1. The monoisotopic (exact) mass is 372 g/mol. The number of hydrogen-bond acceptors (Lipinski definition) is 3. The van der Waals surface area contributed by atoms with Crippen molar-refractivity contribution in [1.82, 2.24) is 9.88 Å². The molecule has 4 nitrogen and oxygen atoms in total. The van der Waals surface area contributed by atoms with E-state index < -0.39 is 0 Å². The molecular weight excluding hydrogens is 348 g/mol. The molecule has 1 saturated heterocycles. The molecule has 3 aromatic rings. The number of aromatic nitrogens is 1. The van der Waals surface area contributed by atoms with Gasteiger partial charge in [0.2, 0.25) is 0 Å². The zero-order chi connectivity index (χ0) is 19.3. The number of carbonyl (C=O) groups is 1. The van der Waals surface area contributed by atoms with Crippen LogP contribution in [-0.2, 0) is 0 Å². The molecule has 1 atom stereocenters. The van der Waals surface area contributed by atoms with Crippen molar-refractivity contribution in [3.05, 3.63) is 84.2 Å². The van der Waals surface area contributed by atoms with Gasteiger partial charge in [0.1, 0.15) is 5.75 Å². The molecule has 0 N–H and O–H groups in total. The third kappa shape index (κ3) is 3.77. The number of piperidine rings is 1. The highest BCUT2D eigenvalue weighted by Crippen LogP contribution is 2.31. The van der Waals surface area contributed by atoms with Gasteiger partial charge in [-0.2, -0.15) is 0 Å². The summed E-state index contributed by atoms with van der Waals surface area (Å²) in [5.74, 6) is 0.900. The summed E-state index contributed by atoms with van der Waals surface area (Å²) in [7, 11) is 1.66. The maximum atomic E-state index is 13.2. The van der Waals surface area contributed by atoms with E-state index in [-0.39, 0.29) is 11.9 Å². The molecule has 2 aromatic carbocycles. The number of benzene rings is 2. The van der Waals surface area contributed by atoms with E-state index in [4.69, 9.17) is 4.74 Å². The molecule has 1 aromatic heterocycles. The minimum atomic E-state index is 0.0560. The van der Waals surface area contributed by atoms with Crippen LogP contribution in [0.3, 0.4) is 0 Å². The molecule has 1 aliphatic heterocycles. The Hall–Kier alpha value is -3.14. The van der Waals surface area contributed by atoms with Crippen molar-refractivity contribution >= 4 is 5.91 Å². The molecule has 4 rings (SSSR count). The fraction of sp³-hybridized carbons (Fsp3) is 0.250. The Bertz CT molecular complexity index is 938. The van der Waals surface area contributed by atoms with E-state index in [0.29, 0.717) is 0 Å². The zero-order valence-corrected chi connectivity index (χ0v) is 16.0. The van der Waals surface area contributed by atoms with Crippen LogP contribution in [0, 0.1) is 0 Å². The minimum Gasteiger partial charge on any atom is -0.497 e. The van der Waals surface area contributed by atoms with Gasteiger partial charge in [0.15, 0.2) is 0 Å². The van der Waals surface area contributed by atoms with Crippen LogP contribution in [0.5, 0.6) is 5.75 Å². The van der Waals surface area contributed by atoms with Crippen molar-refractivity contribution < 1.29 is 9.53 Å². The quantitative estimate of drug-likeness (QED) is 0.638. The molecule has 0 spiro atoms. The number of carbonyl (C=O) groups excluding carboxylic acids is 1. The van der Waals surface area contributed by atoms with E-state index >= 15 is 0 Å². The molecule has 4 heteroatoms. The molecule has 1 fully saturated rings. The summed E-state index contributed by atoms with van der Waals surface area (Å²) in [6.45, 7) is 0.776. The first-order valence-electron chi connectivity index (χ1n) is 9.72. The molecule has 0 aliphatic carbocycles. The number of pyridine rings is 1. The summed E-state index contributed by atoms with van der Waals surface area (Å²) in [5, 5.41) is 0. The molecule has 1 unspecified atom stereocenters. The Morgan fingerprint density at radius 2 is 1.86 bits per heavy atom. The Labute approximate surface area is 165 Å². The van der Waals surface area contributed by atoms with Gasteiger partial charge >= 0.3 is 0 Å². The molecule has 0 bridgehead atoms. The summed E-state index contributed by atoms with van der Waals surface area (Å²) < 4.78 is 5.30. The molecular formula is C24H24N2O2. The number of nitrogens with zero attached hydrogens (tertiary/aromatic N) is 2. The minimum absolute atomic E-state index is 0.0560. The Balaban J connectivity index is 1.57. The predicted octanol–water partition coefficient (Wildman–Crippen LogP) is 5.12. The zero-order valence-electron chi connectivity index (χ0n) is 16.0. The van der Waals surface area contributed by atoms with Gasteiger partial charge in [0.25, 0.3) is 5.91 Å². The Morgan fingerprint density at radius 3 is 2.61 bits per heavy atom. The third-order valence-electron chi connectivity index (χ3n) is 5.33. The van der Waals surface area contributed by atoms with Crippen LogP contribution < -0.4 is 4.74 Å². The Kier molecular flexibility index (Phi) is 5.38. The van der Waals surface area contributed by atoms with Gasteiger partial charge in [-0.05, 0) is 66.8 Å². The highest BCUT2D eigenvalue weighted by Gasteiger charge is 2.29. The fourth-order valence-electron chi connectivity index (χ4n) is 3.83. The summed E-state index contributed by atoms with van der Waals surface area (Å²) >= 11 is 0. The van der Waals surface area contributed by atoms with Gasteiger partial charge < -0.3 is 9.64 Å².